The van der Waals surface area contributed by atoms with Gasteiger partial charge in [0.15, 0.2) is 0 Å². The molecule has 0 bridgehead atoms. The number of nitrogens with one attached hydrogen (secondary N) is 1. The summed E-state index contributed by atoms with van der Waals surface area (Å²) < 4.78 is 0. The predicted octanol–water partition coefficient (Wildman–Crippen LogP) is 4.76. The fraction of sp³-hybridized carbons (Fsp3) is 0.400. The van der Waals surface area contributed by atoms with Gasteiger partial charge in [0.2, 0.25) is 0 Å². The van der Waals surface area contributed by atoms with Crippen LogP contribution in [0.25, 0.3) is 0 Å². The van der Waals surface area contributed by atoms with E-state index in [0.29, 0.717) is 10.9 Å². The number of hydrogen-bond donors (Lipinski definition) is 1. The number of anilines is 1. The van der Waals surface area contributed by atoms with Crippen molar-refractivity contribution < 1.29 is 4.79 Å². The molecule has 1 aromatic carbocycles. The molecule has 0 spiro atoms. The van der Waals surface area contributed by atoms with Gasteiger partial charge in [-0.25, -0.2) is 0 Å². The van der Waals surface area contributed by atoms with Crippen molar-refractivity contribution in [1.29, 1.82) is 0 Å². The van der Waals surface area contributed by atoms with E-state index in [4.69, 9.17) is 11.6 Å². The van der Waals surface area contributed by atoms with Crippen LogP contribution >= 0.6 is 11.6 Å². The van der Waals surface area contributed by atoms with Gasteiger partial charge in [0.1, 0.15) is 0 Å². The van der Waals surface area contributed by atoms with Crippen molar-refractivity contribution in [3.8, 4) is 0 Å². The van der Waals surface area contributed by atoms with Crippen LogP contribution in [0.5, 0.6) is 0 Å². The lowest BCUT2D eigenvalue weighted by molar-refractivity contribution is -0.112. The Morgan fingerprint density at radius 1 is 1.44 bits per heavy atom. The lowest BCUT2D eigenvalue weighted by Gasteiger charge is -2.11. The molecule has 0 saturated heterocycles. The number of rotatable bonds is 4. The van der Waals surface area contributed by atoms with E-state index in [9.17, 15) is 4.79 Å². The maximum absolute atomic E-state index is 11.8. The number of carbonyl (C=O) groups excluding carboxylic acids is 1. The van der Waals surface area contributed by atoms with Crippen LogP contribution in [-0.4, -0.2) is 5.91 Å². The quantitative estimate of drug-likeness (QED) is 0.782. The Balaban J connectivity index is 2.84. The fourth-order valence-corrected chi connectivity index (χ4v) is 2.10. The zero-order valence-corrected chi connectivity index (χ0v) is 12.1. The van der Waals surface area contributed by atoms with Crippen LogP contribution in [0.4, 0.5) is 5.69 Å². The van der Waals surface area contributed by atoms with Crippen molar-refractivity contribution in [2.24, 2.45) is 0 Å². The summed E-state index contributed by atoms with van der Waals surface area (Å²) in [5.74, 6) is 0.300. The number of benzene rings is 1. The molecular weight excluding hydrogens is 246 g/mol. The minimum Gasteiger partial charge on any atom is -0.322 e. The van der Waals surface area contributed by atoms with Crippen LogP contribution in [-0.2, 0) is 4.79 Å². The molecule has 3 heteroatoms. The lowest BCUT2D eigenvalue weighted by Crippen LogP contribution is -2.12. The molecule has 18 heavy (non-hydrogen) atoms. The van der Waals surface area contributed by atoms with Crippen molar-refractivity contribution in [1.82, 2.24) is 0 Å². The van der Waals surface area contributed by atoms with Gasteiger partial charge in [0, 0.05) is 16.3 Å². The lowest BCUT2D eigenvalue weighted by atomic mass is 10.0. The van der Waals surface area contributed by atoms with Crippen LogP contribution in [0.15, 0.2) is 29.8 Å². The maximum Gasteiger partial charge on any atom is 0.250 e. The molecule has 0 unspecified atom stereocenters. The zero-order valence-electron chi connectivity index (χ0n) is 11.4. The summed E-state index contributed by atoms with van der Waals surface area (Å²) in [6, 6.07) is 5.65. The van der Waals surface area contributed by atoms with Crippen molar-refractivity contribution in [3.05, 3.63) is 40.4 Å². The van der Waals surface area contributed by atoms with Crippen molar-refractivity contribution >= 4 is 23.2 Å². The third kappa shape index (κ3) is 3.88. The van der Waals surface area contributed by atoms with E-state index in [1.165, 1.54) is 0 Å². The van der Waals surface area contributed by atoms with Gasteiger partial charge in [0.05, 0.1) is 0 Å². The van der Waals surface area contributed by atoms with Gasteiger partial charge in [-0.05, 0) is 37.0 Å². The molecule has 0 aromatic heterocycles. The molecule has 1 N–H and O–H groups in total. The van der Waals surface area contributed by atoms with Gasteiger partial charge in [-0.1, -0.05) is 44.5 Å². The predicted molar refractivity (Wildman–Crippen MR) is 78.2 cm³/mol. The Kier molecular flexibility index (Phi) is 5.42. The first-order chi connectivity index (χ1) is 8.45. The Morgan fingerprint density at radius 3 is 2.61 bits per heavy atom. The van der Waals surface area contributed by atoms with Crippen LogP contribution in [0.1, 0.15) is 45.6 Å². The van der Waals surface area contributed by atoms with E-state index in [1.807, 2.05) is 32.1 Å². The molecule has 2 nitrogen and oxygen atoms in total. The van der Waals surface area contributed by atoms with E-state index in [-0.39, 0.29) is 5.91 Å². The highest BCUT2D eigenvalue weighted by atomic mass is 35.5. The summed E-state index contributed by atoms with van der Waals surface area (Å²) in [5, 5.41) is 3.54. The van der Waals surface area contributed by atoms with Gasteiger partial charge in [-0.15, -0.1) is 0 Å². The third-order valence-corrected chi connectivity index (χ3v) is 3.08. The molecule has 0 heterocycles. The van der Waals surface area contributed by atoms with Crippen LogP contribution in [0.3, 0.4) is 0 Å². The highest BCUT2D eigenvalue weighted by molar-refractivity contribution is 6.31. The smallest absolute Gasteiger partial charge is 0.250 e. The first kappa shape index (κ1) is 14.8. The number of halogens is 1. The van der Waals surface area contributed by atoms with E-state index in [0.717, 1.165) is 23.2 Å². The van der Waals surface area contributed by atoms with Crippen LogP contribution in [0, 0.1) is 0 Å². The average molecular weight is 266 g/mol. The zero-order chi connectivity index (χ0) is 13.7. The molecule has 0 saturated carbocycles. The second-order valence-corrected chi connectivity index (χ2v) is 5.05. The summed E-state index contributed by atoms with van der Waals surface area (Å²) in [6.07, 6.45) is 2.76. The summed E-state index contributed by atoms with van der Waals surface area (Å²) in [7, 11) is 0. The van der Waals surface area contributed by atoms with Gasteiger partial charge >= 0.3 is 0 Å². The first-order valence-electron chi connectivity index (χ1n) is 6.23. The maximum atomic E-state index is 11.8. The second-order valence-electron chi connectivity index (χ2n) is 4.64. The monoisotopic (exact) mass is 265 g/mol. The van der Waals surface area contributed by atoms with Crippen LogP contribution in [0.2, 0.25) is 5.02 Å². The molecule has 1 rings (SSSR count). The summed E-state index contributed by atoms with van der Waals surface area (Å²) in [6.45, 7) is 8.00. The third-order valence-electron chi connectivity index (χ3n) is 2.75. The summed E-state index contributed by atoms with van der Waals surface area (Å²) in [5.41, 5.74) is 2.55. The molecular formula is C15H20ClNO. The fourth-order valence-electron chi connectivity index (χ4n) is 1.70. The number of amides is 1. The molecule has 98 valence electrons. The Hall–Kier alpha value is -1.28. The van der Waals surface area contributed by atoms with E-state index < -0.39 is 0 Å². The molecule has 1 amide bonds. The highest BCUT2D eigenvalue weighted by Crippen LogP contribution is 2.27. The molecule has 0 radical (unpaired) electrons. The molecule has 0 fully saturated rings. The van der Waals surface area contributed by atoms with Crippen molar-refractivity contribution in [3.63, 3.8) is 0 Å². The molecule has 1 aromatic rings. The normalized spacial score (nSPS) is 11.8. The molecule has 0 aliphatic carbocycles. The van der Waals surface area contributed by atoms with Gasteiger partial charge in [-0.2, -0.15) is 0 Å². The SMILES string of the molecule is CCC=C(C)C(=O)Nc1ccc(C(C)C)c(Cl)c1. The Morgan fingerprint density at radius 2 is 2.11 bits per heavy atom. The number of hydrogen-bond acceptors (Lipinski definition) is 1. The van der Waals surface area contributed by atoms with E-state index in [2.05, 4.69) is 19.2 Å². The van der Waals surface area contributed by atoms with Crippen molar-refractivity contribution in [2.75, 3.05) is 5.32 Å². The molecule has 0 atom stereocenters. The minimum atomic E-state index is -0.0785. The van der Waals surface area contributed by atoms with Crippen molar-refractivity contribution in [2.45, 2.75) is 40.0 Å². The topological polar surface area (TPSA) is 29.1 Å². The summed E-state index contributed by atoms with van der Waals surface area (Å²) >= 11 is 6.18. The highest BCUT2D eigenvalue weighted by Gasteiger charge is 2.08. The first-order valence-corrected chi connectivity index (χ1v) is 6.61. The standard InChI is InChI=1S/C15H20ClNO/c1-5-6-11(4)15(18)17-12-7-8-13(10(2)3)14(16)9-12/h6-10H,5H2,1-4H3,(H,17,18). The largest absolute Gasteiger partial charge is 0.322 e. The van der Waals surface area contributed by atoms with Gasteiger partial charge in [-0.3, -0.25) is 4.79 Å². The Bertz CT molecular complexity index is 464. The van der Waals surface area contributed by atoms with Crippen LogP contribution < -0.4 is 5.32 Å². The number of carbonyl (C=O) groups is 1. The molecule has 0 aliphatic heterocycles. The van der Waals surface area contributed by atoms with E-state index in [1.54, 1.807) is 6.07 Å². The summed E-state index contributed by atoms with van der Waals surface area (Å²) in [4.78, 5) is 11.8. The molecule has 0 aliphatic rings. The van der Waals surface area contributed by atoms with E-state index >= 15 is 0 Å². The second kappa shape index (κ2) is 6.60. The van der Waals surface area contributed by atoms with Gasteiger partial charge in [0.25, 0.3) is 5.91 Å². The Labute approximate surface area is 114 Å². The minimum absolute atomic E-state index is 0.0785. The van der Waals surface area contributed by atoms with Gasteiger partial charge < -0.3 is 5.32 Å². The number of allylic oxidation sites excluding steroid dienone is 1. The average Bonchev–Trinajstić information content (AvgIpc) is 2.28.